The van der Waals surface area contributed by atoms with Gasteiger partial charge in [-0.05, 0) is 35.9 Å². The lowest BCUT2D eigenvalue weighted by molar-refractivity contribution is 0.153. The van der Waals surface area contributed by atoms with Gasteiger partial charge in [0.2, 0.25) is 0 Å². The predicted octanol–water partition coefficient (Wildman–Crippen LogP) is 3.96. The van der Waals surface area contributed by atoms with E-state index in [1.807, 2.05) is 24.4 Å². The first kappa shape index (κ1) is 15.2. The van der Waals surface area contributed by atoms with Gasteiger partial charge >= 0.3 is 6.09 Å². The maximum absolute atomic E-state index is 13.3. The molecular formula is C18H15FN4O2. The minimum absolute atomic E-state index is 0.186. The average Bonchev–Trinajstić information content (AvgIpc) is 3.16. The van der Waals surface area contributed by atoms with Crippen molar-refractivity contribution >= 4 is 28.0 Å². The van der Waals surface area contributed by atoms with Gasteiger partial charge in [0, 0.05) is 29.7 Å². The Morgan fingerprint density at radius 1 is 1.24 bits per heavy atom. The van der Waals surface area contributed by atoms with Gasteiger partial charge in [0.25, 0.3) is 0 Å². The zero-order chi connectivity index (χ0) is 17.6. The summed E-state index contributed by atoms with van der Waals surface area (Å²) in [4.78, 5) is 22.7. The number of halogens is 1. The number of carbonyl (C=O) groups is 1. The van der Waals surface area contributed by atoms with Crippen LogP contribution in [-0.2, 0) is 6.54 Å². The Kier molecular flexibility index (Phi) is 3.42. The van der Waals surface area contributed by atoms with Gasteiger partial charge in [-0.2, -0.15) is 0 Å². The molecule has 2 aromatic heterocycles. The number of aromatic nitrogens is 3. The van der Waals surface area contributed by atoms with Crippen molar-refractivity contribution < 1.29 is 14.3 Å². The first-order valence-corrected chi connectivity index (χ1v) is 7.71. The van der Waals surface area contributed by atoms with Crippen molar-refractivity contribution in [1.82, 2.24) is 19.9 Å². The van der Waals surface area contributed by atoms with Crippen molar-refractivity contribution in [3.63, 3.8) is 0 Å². The molecule has 6 nitrogen and oxygen atoms in total. The lowest BCUT2D eigenvalue weighted by Gasteiger charge is -2.09. The first-order chi connectivity index (χ1) is 12.0. The Bertz CT molecular complexity index is 1100. The molecule has 0 bridgehead atoms. The van der Waals surface area contributed by atoms with Crippen LogP contribution in [0.2, 0.25) is 0 Å². The molecule has 2 heterocycles. The number of hydrogen-bond acceptors (Lipinski definition) is 2. The molecule has 4 rings (SSSR count). The summed E-state index contributed by atoms with van der Waals surface area (Å²) in [6.45, 7) is 0.186. The van der Waals surface area contributed by atoms with Gasteiger partial charge in [0.15, 0.2) is 0 Å². The minimum Gasteiger partial charge on any atom is -0.465 e. The molecule has 7 heteroatoms. The van der Waals surface area contributed by atoms with E-state index in [9.17, 15) is 9.18 Å². The van der Waals surface area contributed by atoms with Crippen LogP contribution < -0.4 is 0 Å². The second-order valence-corrected chi connectivity index (χ2v) is 5.95. The number of rotatable bonds is 3. The molecule has 3 N–H and O–H groups in total. The molecule has 126 valence electrons. The molecule has 0 saturated carbocycles. The molecule has 0 spiro atoms. The smallest absolute Gasteiger partial charge is 0.407 e. The van der Waals surface area contributed by atoms with Gasteiger partial charge in [-0.1, -0.05) is 6.07 Å². The molecule has 0 radical (unpaired) electrons. The van der Waals surface area contributed by atoms with Crippen LogP contribution in [0.3, 0.4) is 0 Å². The van der Waals surface area contributed by atoms with Crippen LogP contribution in [0, 0.1) is 5.82 Å². The highest BCUT2D eigenvalue weighted by Crippen LogP contribution is 2.30. The van der Waals surface area contributed by atoms with Crippen LogP contribution >= 0.6 is 0 Å². The highest BCUT2D eigenvalue weighted by Gasteiger charge is 2.12. The molecule has 0 atom stereocenters. The molecule has 1 amide bonds. The Labute approximate surface area is 141 Å². The van der Waals surface area contributed by atoms with E-state index in [1.54, 1.807) is 6.07 Å². The molecular weight excluding hydrogens is 323 g/mol. The molecule has 0 fully saturated rings. The first-order valence-electron chi connectivity index (χ1n) is 7.71. The largest absolute Gasteiger partial charge is 0.465 e. The predicted molar refractivity (Wildman–Crippen MR) is 92.8 cm³/mol. The summed E-state index contributed by atoms with van der Waals surface area (Å²) in [6.07, 6.45) is 0.841. The average molecular weight is 338 g/mol. The standard InChI is InChI=1S/C18H15FN4O2/c1-23(18(24)25)9-17-21-14-5-2-10(6-16(14)22-17)13-8-20-15-7-11(19)3-4-12(13)15/h2-8,20H,9H2,1H3,(H,21,22)(H,24,25). The Morgan fingerprint density at radius 3 is 2.88 bits per heavy atom. The number of hydrogen-bond donors (Lipinski definition) is 3. The highest BCUT2D eigenvalue weighted by molar-refractivity contribution is 5.97. The second-order valence-electron chi connectivity index (χ2n) is 5.95. The van der Waals surface area contributed by atoms with Crippen LogP contribution in [0.1, 0.15) is 5.82 Å². The van der Waals surface area contributed by atoms with Crippen molar-refractivity contribution in [3.8, 4) is 11.1 Å². The molecule has 0 saturated heterocycles. The maximum atomic E-state index is 13.3. The van der Waals surface area contributed by atoms with Gasteiger partial charge < -0.3 is 20.0 Å². The third-order valence-corrected chi connectivity index (χ3v) is 4.20. The number of benzene rings is 2. The minimum atomic E-state index is -1.01. The Balaban J connectivity index is 1.74. The lowest BCUT2D eigenvalue weighted by atomic mass is 10.0. The summed E-state index contributed by atoms with van der Waals surface area (Å²) >= 11 is 0. The van der Waals surface area contributed by atoms with E-state index in [1.165, 1.54) is 19.2 Å². The van der Waals surface area contributed by atoms with Crippen LogP contribution in [0.15, 0.2) is 42.6 Å². The molecule has 0 unspecified atom stereocenters. The van der Waals surface area contributed by atoms with Gasteiger partial charge in [0.1, 0.15) is 11.6 Å². The van der Waals surface area contributed by atoms with Gasteiger partial charge in [-0.3, -0.25) is 0 Å². The summed E-state index contributed by atoms with van der Waals surface area (Å²) in [5.74, 6) is 0.301. The summed E-state index contributed by atoms with van der Waals surface area (Å²) in [6, 6.07) is 10.4. The molecule has 0 aliphatic heterocycles. The highest BCUT2D eigenvalue weighted by atomic mass is 19.1. The summed E-state index contributed by atoms with van der Waals surface area (Å²) in [5, 5.41) is 9.90. The summed E-state index contributed by atoms with van der Waals surface area (Å²) < 4.78 is 13.3. The van der Waals surface area contributed by atoms with Gasteiger partial charge in [-0.25, -0.2) is 14.2 Å². The van der Waals surface area contributed by atoms with E-state index in [-0.39, 0.29) is 12.4 Å². The number of nitrogens with zero attached hydrogens (tertiary/aromatic N) is 2. The van der Waals surface area contributed by atoms with E-state index in [0.717, 1.165) is 38.0 Å². The van der Waals surface area contributed by atoms with Crippen molar-refractivity contribution in [3.05, 3.63) is 54.2 Å². The van der Waals surface area contributed by atoms with E-state index in [0.29, 0.717) is 5.82 Å². The fourth-order valence-electron chi connectivity index (χ4n) is 2.93. The van der Waals surface area contributed by atoms with Crippen LogP contribution in [0.25, 0.3) is 33.1 Å². The van der Waals surface area contributed by atoms with Crippen LogP contribution in [-0.4, -0.2) is 38.1 Å². The number of fused-ring (bicyclic) bond motifs is 2. The zero-order valence-electron chi connectivity index (χ0n) is 13.4. The fourth-order valence-corrected chi connectivity index (χ4v) is 2.93. The van der Waals surface area contributed by atoms with Crippen molar-refractivity contribution in [2.75, 3.05) is 7.05 Å². The number of amides is 1. The third-order valence-electron chi connectivity index (χ3n) is 4.20. The summed E-state index contributed by atoms with van der Waals surface area (Å²) in [7, 11) is 1.49. The van der Waals surface area contributed by atoms with Crippen molar-refractivity contribution in [2.24, 2.45) is 0 Å². The topological polar surface area (TPSA) is 85.0 Å². The van der Waals surface area contributed by atoms with E-state index in [4.69, 9.17) is 5.11 Å². The van der Waals surface area contributed by atoms with E-state index >= 15 is 0 Å². The van der Waals surface area contributed by atoms with Crippen LogP contribution in [0.4, 0.5) is 9.18 Å². The normalized spacial score (nSPS) is 11.3. The number of imidazole rings is 1. The maximum Gasteiger partial charge on any atom is 0.407 e. The second kappa shape index (κ2) is 5.62. The van der Waals surface area contributed by atoms with E-state index < -0.39 is 6.09 Å². The molecule has 0 aliphatic rings. The number of aromatic amines is 2. The van der Waals surface area contributed by atoms with Crippen molar-refractivity contribution in [2.45, 2.75) is 6.54 Å². The number of H-pyrrole nitrogens is 2. The molecule has 0 aliphatic carbocycles. The van der Waals surface area contributed by atoms with Crippen molar-refractivity contribution in [1.29, 1.82) is 0 Å². The van der Waals surface area contributed by atoms with E-state index in [2.05, 4.69) is 15.0 Å². The summed E-state index contributed by atoms with van der Waals surface area (Å²) in [5.41, 5.74) is 4.26. The Hall–Kier alpha value is -3.35. The molecule has 4 aromatic rings. The zero-order valence-corrected chi connectivity index (χ0v) is 13.4. The number of carboxylic acid groups (broad SMARTS) is 1. The quantitative estimate of drug-likeness (QED) is 0.528. The van der Waals surface area contributed by atoms with Crippen LogP contribution in [0.5, 0.6) is 0 Å². The Morgan fingerprint density at radius 2 is 2.08 bits per heavy atom. The lowest BCUT2D eigenvalue weighted by Crippen LogP contribution is -2.24. The van der Waals surface area contributed by atoms with Gasteiger partial charge in [0.05, 0.1) is 17.6 Å². The SMILES string of the molecule is CN(Cc1nc2ccc(-c3c[nH]c4cc(F)ccc34)cc2[nH]1)C(=O)O. The third kappa shape index (κ3) is 2.69. The van der Waals surface area contributed by atoms with Gasteiger partial charge in [-0.15, -0.1) is 0 Å². The monoisotopic (exact) mass is 338 g/mol. The fraction of sp³-hybridized carbons (Fsp3) is 0.111. The molecule has 25 heavy (non-hydrogen) atoms. The molecule has 2 aromatic carbocycles. The number of nitrogens with one attached hydrogen (secondary N) is 2.